The predicted molar refractivity (Wildman–Crippen MR) is 79.3 cm³/mol. The van der Waals surface area contributed by atoms with Crippen LogP contribution in [0.2, 0.25) is 5.02 Å². The van der Waals surface area contributed by atoms with E-state index in [0.717, 1.165) is 24.8 Å². The lowest BCUT2D eigenvalue weighted by Gasteiger charge is -2.30. The van der Waals surface area contributed by atoms with Gasteiger partial charge in [0.25, 0.3) is 0 Å². The summed E-state index contributed by atoms with van der Waals surface area (Å²) in [7, 11) is -3.67. The maximum Gasteiger partial charge on any atom is 0.242 e. The van der Waals surface area contributed by atoms with Gasteiger partial charge in [-0.2, -0.15) is 0 Å². The van der Waals surface area contributed by atoms with Gasteiger partial charge in [0.2, 0.25) is 10.0 Å². The molecule has 20 heavy (non-hydrogen) atoms. The van der Waals surface area contributed by atoms with E-state index in [1.165, 1.54) is 6.07 Å². The third-order valence-corrected chi connectivity index (χ3v) is 6.31. The Labute approximate surface area is 125 Å². The fourth-order valence-electron chi connectivity index (χ4n) is 2.70. The highest BCUT2D eigenvalue weighted by molar-refractivity contribution is 7.89. The molecule has 0 radical (unpaired) electrons. The summed E-state index contributed by atoms with van der Waals surface area (Å²) in [4.78, 5) is 0.103. The van der Waals surface area contributed by atoms with Gasteiger partial charge in [0.1, 0.15) is 4.90 Å². The SMILES string of the molecule is Cc1cccc(S(=O)(=O)NC2CCCC2(C)CO)c1Cl. The van der Waals surface area contributed by atoms with Gasteiger partial charge in [-0.15, -0.1) is 0 Å². The van der Waals surface area contributed by atoms with E-state index in [4.69, 9.17) is 11.6 Å². The van der Waals surface area contributed by atoms with E-state index in [1.54, 1.807) is 19.1 Å². The second kappa shape index (κ2) is 5.64. The van der Waals surface area contributed by atoms with Crippen LogP contribution >= 0.6 is 11.6 Å². The lowest BCUT2D eigenvalue weighted by atomic mass is 9.86. The molecule has 6 heteroatoms. The van der Waals surface area contributed by atoms with Crippen molar-refractivity contribution < 1.29 is 13.5 Å². The standard InChI is InChI=1S/C14H20ClNO3S/c1-10-5-3-6-11(13(10)15)20(18,19)16-12-7-4-8-14(12,2)9-17/h3,5-6,12,16-17H,4,7-9H2,1-2H3. The van der Waals surface area contributed by atoms with Crippen molar-refractivity contribution in [1.29, 1.82) is 0 Å². The van der Waals surface area contributed by atoms with Crippen molar-refractivity contribution in [1.82, 2.24) is 4.72 Å². The predicted octanol–water partition coefficient (Wildman–Crippen LogP) is 2.48. The van der Waals surface area contributed by atoms with Crippen LogP contribution < -0.4 is 4.72 Å². The number of hydrogen-bond acceptors (Lipinski definition) is 3. The second-order valence-corrected chi connectivity index (χ2v) is 7.83. The molecule has 112 valence electrons. The Balaban J connectivity index is 2.30. The van der Waals surface area contributed by atoms with E-state index in [9.17, 15) is 13.5 Å². The number of aliphatic hydroxyl groups is 1. The topological polar surface area (TPSA) is 66.4 Å². The molecule has 1 aliphatic carbocycles. The van der Waals surface area contributed by atoms with Gasteiger partial charge in [0.05, 0.1) is 5.02 Å². The van der Waals surface area contributed by atoms with Gasteiger partial charge in [-0.3, -0.25) is 0 Å². The number of rotatable bonds is 4. The van der Waals surface area contributed by atoms with Gasteiger partial charge in [-0.1, -0.05) is 37.1 Å². The fourth-order valence-corrected chi connectivity index (χ4v) is 4.69. The van der Waals surface area contributed by atoms with Crippen molar-refractivity contribution in [2.24, 2.45) is 5.41 Å². The first kappa shape index (κ1) is 15.8. The van der Waals surface area contributed by atoms with Crippen LogP contribution in [0.15, 0.2) is 23.1 Å². The molecule has 2 N–H and O–H groups in total. The monoisotopic (exact) mass is 317 g/mol. The lowest BCUT2D eigenvalue weighted by molar-refractivity contribution is 0.127. The van der Waals surface area contributed by atoms with Crippen LogP contribution in [0.1, 0.15) is 31.7 Å². The number of halogens is 1. The van der Waals surface area contributed by atoms with Crippen molar-refractivity contribution in [3.8, 4) is 0 Å². The Morgan fingerprint density at radius 2 is 2.20 bits per heavy atom. The van der Waals surface area contributed by atoms with Crippen LogP contribution in [-0.2, 0) is 10.0 Å². The van der Waals surface area contributed by atoms with E-state index in [0.29, 0.717) is 0 Å². The molecule has 0 spiro atoms. The number of aliphatic hydroxyl groups excluding tert-OH is 1. The molecule has 1 aromatic rings. The average molecular weight is 318 g/mol. The molecule has 0 aliphatic heterocycles. The van der Waals surface area contributed by atoms with Crippen LogP contribution in [-0.4, -0.2) is 26.2 Å². The fraction of sp³-hybridized carbons (Fsp3) is 0.571. The zero-order valence-electron chi connectivity index (χ0n) is 11.7. The Morgan fingerprint density at radius 1 is 1.50 bits per heavy atom. The summed E-state index contributed by atoms with van der Waals surface area (Å²) in [5.74, 6) is 0. The van der Waals surface area contributed by atoms with E-state index < -0.39 is 15.4 Å². The molecule has 1 fully saturated rings. The Bertz CT molecular complexity index is 602. The first-order valence-electron chi connectivity index (χ1n) is 6.68. The van der Waals surface area contributed by atoms with Gasteiger partial charge in [-0.25, -0.2) is 13.1 Å². The minimum absolute atomic E-state index is 0.0261. The van der Waals surface area contributed by atoms with E-state index in [1.807, 2.05) is 6.92 Å². The highest BCUT2D eigenvalue weighted by Gasteiger charge is 2.40. The third kappa shape index (κ3) is 2.86. The van der Waals surface area contributed by atoms with Gasteiger partial charge < -0.3 is 5.11 Å². The molecule has 1 aliphatic rings. The Morgan fingerprint density at radius 3 is 2.85 bits per heavy atom. The summed E-state index contributed by atoms with van der Waals surface area (Å²) < 4.78 is 27.7. The van der Waals surface area contributed by atoms with Crippen LogP contribution in [0.3, 0.4) is 0 Å². The van der Waals surface area contributed by atoms with Crippen molar-refractivity contribution in [3.63, 3.8) is 0 Å². The highest BCUT2D eigenvalue weighted by Crippen LogP contribution is 2.38. The number of sulfonamides is 1. The third-order valence-electron chi connectivity index (χ3n) is 4.19. The molecular formula is C14H20ClNO3S. The normalized spacial score (nSPS) is 26.9. The molecule has 2 unspecified atom stereocenters. The Hall–Kier alpha value is -0.620. The summed E-state index contributed by atoms with van der Waals surface area (Å²) >= 11 is 6.10. The van der Waals surface area contributed by atoms with Crippen molar-refractivity contribution in [2.75, 3.05) is 6.61 Å². The van der Waals surface area contributed by atoms with Gasteiger partial charge in [0.15, 0.2) is 0 Å². The number of aryl methyl sites for hydroxylation is 1. The summed E-state index contributed by atoms with van der Waals surface area (Å²) in [6.45, 7) is 3.65. The second-order valence-electron chi connectivity index (χ2n) is 5.77. The first-order valence-corrected chi connectivity index (χ1v) is 8.54. The molecule has 2 atom stereocenters. The summed E-state index contributed by atoms with van der Waals surface area (Å²) in [6.07, 6.45) is 2.46. The molecular weight excluding hydrogens is 298 g/mol. The van der Waals surface area contributed by atoms with Crippen LogP contribution in [0.25, 0.3) is 0 Å². The molecule has 0 bridgehead atoms. The molecule has 0 amide bonds. The van der Waals surface area contributed by atoms with Crippen LogP contribution in [0, 0.1) is 12.3 Å². The molecule has 1 saturated carbocycles. The maximum atomic E-state index is 12.5. The molecule has 0 heterocycles. The summed E-state index contributed by atoms with van der Waals surface area (Å²) in [6, 6.07) is 4.70. The van der Waals surface area contributed by atoms with Crippen molar-refractivity contribution in [3.05, 3.63) is 28.8 Å². The maximum absolute atomic E-state index is 12.5. The zero-order chi connectivity index (χ0) is 15.0. The zero-order valence-corrected chi connectivity index (χ0v) is 13.3. The smallest absolute Gasteiger partial charge is 0.242 e. The quantitative estimate of drug-likeness (QED) is 0.896. The molecule has 1 aromatic carbocycles. The van der Waals surface area contributed by atoms with Crippen molar-refractivity contribution in [2.45, 2.75) is 44.0 Å². The Kier molecular flexibility index (Phi) is 4.44. The number of hydrogen-bond donors (Lipinski definition) is 2. The van der Waals surface area contributed by atoms with Gasteiger partial charge in [0, 0.05) is 18.1 Å². The molecule has 0 saturated heterocycles. The first-order chi connectivity index (χ1) is 9.30. The minimum Gasteiger partial charge on any atom is -0.396 e. The highest BCUT2D eigenvalue weighted by atomic mass is 35.5. The summed E-state index contributed by atoms with van der Waals surface area (Å²) in [5, 5.41) is 9.75. The van der Waals surface area contributed by atoms with Crippen LogP contribution in [0.5, 0.6) is 0 Å². The summed E-state index contributed by atoms with van der Waals surface area (Å²) in [5.41, 5.74) is 0.328. The molecule has 2 rings (SSSR count). The molecule has 0 aromatic heterocycles. The lowest BCUT2D eigenvalue weighted by Crippen LogP contribution is -2.44. The largest absolute Gasteiger partial charge is 0.396 e. The van der Waals surface area contributed by atoms with E-state index >= 15 is 0 Å². The number of benzene rings is 1. The minimum atomic E-state index is -3.67. The average Bonchev–Trinajstić information content (AvgIpc) is 2.74. The van der Waals surface area contributed by atoms with Gasteiger partial charge >= 0.3 is 0 Å². The number of nitrogens with one attached hydrogen (secondary N) is 1. The van der Waals surface area contributed by atoms with Gasteiger partial charge in [-0.05, 0) is 31.4 Å². The van der Waals surface area contributed by atoms with E-state index in [-0.39, 0.29) is 22.6 Å². The van der Waals surface area contributed by atoms with Crippen LogP contribution in [0.4, 0.5) is 0 Å². The van der Waals surface area contributed by atoms with Crippen molar-refractivity contribution >= 4 is 21.6 Å². The van der Waals surface area contributed by atoms with E-state index in [2.05, 4.69) is 4.72 Å². The molecule has 4 nitrogen and oxygen atoms in total.